The van der Waals surface area contributed by atoms with Gasteiger partial charge >= 0.3 is 5.97 Å². The zero-order valence-electron chi connectivity index (χ0n) is 27.3. The van der Waals surface area contributed by atoms with Crippen molar-refractivity contribution in [3.63, 3.8) is 0 Å². The number of aromatic nitrogens is 7. The van der Waals surface area contributed by atoms with E-state index >= 15 is 0 Å². The van der Waals surface area contributed by atoms with E-state index in [0.717, 1.165) is 29.8 Å². The number of ether oxygens (including phenoxy) is 2. The van der Waals surface area contributed by atoms with E-state index in [0.29, 0.717) is 77.8 Å². The molecule has 2 aromatic carbocycles. The highest BCUT2D eigenvalue weighted by atomic mass is 32.1. The van der Waals surface area contributed by atoms with Crippen molar-refractivity contribution in [2.45, 2.75) is 64.9 Å². The van der Waals surface area contributed by atoms with Crippen LogP contribution in [0.3, 0.4) is 0 Å². The highest BCUT2D eigenvalue weighted by molar-refractivity contribution is 7.09. The number of nitrogens with one attached hydrogen (secondary N) is 2. The molecule has 252 valence electrons. The number of nitrogens with zero attached hydrogens (tertiary/aromatic N) is 7. The molecule has 6 aromatic rings. The molecule has 0 saturated carbocycles. The predicted molar refractivity (Wildman–Crippen MR) is 187 cm³/mol. The number of esters is 1. The Labute approximate surface area is 286 Å². The summed E-state index contributed by atoms with van der Waals surface area (Å²) in [5.74, 6) is 0.689. The van der Waals surface area contributed by atoms with Gasteiger partial charge in [0.2, 0.25) is 0 Å². The van der Waals surface area contributed by atoms with E-state index in [4.69, 9.17) is 14.5 Å². The van der Waals surface area contributed by atoms with Crippen molar-refractivity contribution in [2.75, 3.05) is 18.5 Å². The fourth-order valence-electron chi connectivity index (χ4n) is 6.14. The summed E-state index contributed by atoms with van der Waals surface area (Å²) < 4.78 is 14.7. The molecule has 0 radical (unpaired) electrons. The molecular formula is C35H37N9O4S. The zero-order chi connectivity index (χ0) is 33.7. The molecule has 14 heteroatoms. The number of anilines is 1. The molecule has 0 spiro atoms. The van der Waals surface area contributed by atoms with Crippen molar-refractivity contribution >= 4 is 45.2 Å². The number of fused-ring (bicyclic) bond motifs is 2. The van der Waals surface area contributed by atoms with Gasteiger partial charge in [0.1, 0.15) is 23.4 Å². The summed E-state index contributed by atoms with van der Waals surface area (Å²) in [6.07, 6.45) is 6.84. The third-order valence-electron chi connectivity index (χ3n) is 8.51. The van der Waals surface area contributed by atoms with Gasteiger partial charge in [0.05, 0.1) is 35.6 Å². The molecule has 1 aliphatic heterocycles. The Morgan fingerprint density at radius 2 is 1.94 bits per heavy atom. The average molecular weight is 680 g/mol. The minimum absolute atomic E-state index is 0.110. The van der Waals surface area contributed by atoms with Gasteiger partial charge in [-0.05, 0) is 56.4 Å². The number of carbonyl (C=O) groups is 1. The second-order valence-corrected chi connectivity index (χ2v) is 12.6. The van der Waals surface area contributed by atoms with Gasteiger partial charge < -0.3 is 20.1 Å². The molecule has 13 nitrogen and oxygen atoms in total. The molecular weight excluding hydrogens is 643 g/mol. The Bertz CT molecular complexity index is 2140. The van der Waals surface area contributed by atoms with E-state index < -0.39 is 5.97 Å². The van der Waals surface area contributed by atoms with Gasteiger partial charge in [0, 0.05) is 25.1 Å². The summed E-state index contributed by atoms with van der Waals surface area (Å²) in [4.78, 5) is 49.9. The molecule has 2 N–H and O–H groups in total. The Hall–Kier alpha value is -5.05. The molecule has 2 atom stereocenters. The normalized spacial score (nSPS) is 15.4. The molecule has 1 fully saturated rings. The molecule has 49 heavy (non-hydrogen) atoms. The lowest BCUT2D eigenvalue weighted by atomic mass is 10.1. The Kier molecular flexibility index (Phi) is 9.68. The Balaban J connectivity index is 1.22. The van der Waals surface area contributed by atoms with Crippen LogP contribution >= 0.6 is 11.3 Å². The summed E-state index contributed by atoms with van der Waals surface area (Å²) in [5, 5.41) is 9.90. The summed E-state index contributed by atoms with van der Waals surface area (Å²) >= 11 is 1.38. The van der Waals surface area contributed by atoms with E-state index in [-0.39, 0.29) is 17.8 Å². The molecule has 4 aromatic heterocycles. The lowest BCUT2D eigenvalue weighted by Crippen LogP contribution is -2.29. The molecule has 0 aliphatic carbocycles. The number of benzene rings is 2. The Morgan fingerprint density at radius 1 is 1.06 bits per heavy atom. The van der Waals surface area contributed by atoms with Gasteiger partial charge in [-0.1, -0.05) is 37.3 Å². The number of rotatable bonds is 12. The standard InChI is InChI=1S/C35H37N9O4S/c1-3-24(41-31-30-33(38-20-37-31)43(21-39-30)28-15-8-9-16-48-28)32-42-25-14-10-11-22(29(25)34(45)44(32)23-12-6-5-7-13-23)17-36-18-27-40-26(19-49-27)35(46)47-4-2/h5-7,10-14,19-21,24,28,36H,3-4,8-9,15-18H2,1-2H3,(H,37,38,41)/t24-,28?/m0/s1. The van der Waals surface area contributed by atoms with Crippen LogP contribution in [0.1, 0.15) is 78.7 Å². The molecule has 7 rings (SSSR count). The van der Waals surface area contributed by atoms with Crippen LogP contribution < -0.4 is 16.2 Å². The maximum absolute atomic E-state index is 14.6. The topological polar surface area (TPSA) is 151 Å². The quantitative estimate of drug-likeness (QED) is 0.153. The number of hydrogen-bond acceptors (Lipinski definition) is 12. The second-order valence-electron chi connectivity index (χ2n) is 11.7. The van der Waals surface area contributed by atoms with Gasteiger partial charge in [-0.25, -0.2) is 29.7 Å². The molecule has 1 aliphatic rings. The van der Waals surface area contributed by atoms with Gasteiger partial charge in [-0.2, -0.15) is 0 Å². The lowest BCUT2D eigenvalue weighted by Gasteiger charge is -2.24. The molecule has 0 bridgehead atoms. The van der Waals surface area contributed by atoms with Crippen molar-refractivity contribution in [2.24, 2.45) is 0 Å². The van der Waals surface area contributed by atoms with E-state index in [1.165, 1.54) is 17.7 Å². The third-order valence-corrected chi connectivity index (χ3v) is 9.36. The smallest absolute Gasteiger partial charge is 0.357 e. The number of hydrogen-bond donors (Lipinski definition) is 2. The van der Waals surface area contributed by atoms with Crippen LogP contribution in [-0.4, -0.2) is 53.2 Å². The van der Waals surface area contributed by atoms with Crippen LogP contribution in [-0.2, 0) is 22.6 Å². The molecule has 5 heterocycles. The van der Waals surface area contributed by atoms with E-state index in [2.05, 4.69) is 30.6 Å². The van der Waals surface area contributed by atoms with Crippen molar-refractivity contribution < 1.29 is 14.3 Å². The van der Waals surface area contributed by atoms with E-state index in [1.807, 2.05) is 60.0 Å². The monoisotopic (exact) mass is 679 g/mol. The van der Waals surface area contributed by atoms with Gasteiger partial charge in [0.25, 0.3) is 5.56 Å². The number of carbonyl (C=O) groups excluding carboxylic acids is 1. The largest absolute Gasteiger partial charge is 0.461 e. The van der Waals surface area contributed by atoms with Crippen LogP contribution in [0.5, 0.6) is 0 Å². The lowest BCUT2D eigenvalue weighted by molar-refractivity contribution is -0.0298. The first-order valence-electron chi connectivity index (χ1n) is 16.5. The first-order valence-corrected chi connectivity index (χ1v) is 17.4. The summed E-state index contributed by atoms with van der Waals surface area (Å²) in [5.41, 5.74) is 3.56. The van der Waals surface area contributed by atoms with Crippen LogP contribution in [0.25, 0.3) is 27.8 Å². The third kappa shape index (κ3) is 6.67. The van der Waals surface area contributed by atoms with Crippen molar-refractivity contribution in [1.82, 2.24) is 39.4 Å². The maximum Gasteiger partial charge on any atom is 0.357 e. The van der Waals surface area contributed by atoms with Crippen LogP contribution in [0.2, 0.25) is 0 Å². The average Bonchev–Trinajstić information content (AvgIpc) is 3.80. The highest BCUT2D eigenvalue weighted by Crippen LogP contribution is 2.30. The van der Waals surface area contributed by atoms with E-state index in [9.17, 15) is 9.59 Å². The van der Waals surface area contributed by atoms with Gasteiger partial charge in [0.15, 0.2) is 22.7 Å². The minimum atomic E-state index is -0.435. The number of para-hydroxylation sites is 1. The Morgan fingerprint density at radius 3 is 2.73 bits per heavy atom. The van der Waals surface area contributed by atoms with Gasteiger partial charge in [-0.15, -0.1) is 11.3 Å². The van der Waals surface area contributed by atoms with Gasteiger partial charge in [-0.3, -0.25) is 13.9 Å². The van der Waals surface area contributed by atoms with Crippen molar-refractivity contribution in [1.29, 1.82) is 0 Å². The fraction of sp³-hybridized carbons (Fsp3) is 0.343. The zero-order valence-corrected chi connectivity index (χ0v) is 28.2. The number of thiazole rings is 1. The first kappa shape index (κ1) is 32.5. The molecule has 1 saturated heterocycles. The molecule has 0 amide bonds. The summed E-state index contributed by atoms with van der Waals surface area (Å²) in [6.45, 7) is 5.64. The predicted octanol–water partition coefficient (Wildman–Crippen LogP) is 5.71. The molecule has 1 unspecified atom stereocenters. The number of imidazole rings is 1. The minimum Gasteiger partial charge on any atom is -0.461 e. The highest BCUT2D eigenvalue weighted by Gasteiger charge is 2.25. The summed E-state index contributed by atoms with van der Waals surface area (Å²) in [7, 11) is 0. The van der Waals surface area contributed by atoms with E-state index in [1.54, 1.807) is 23.2 Å². The van der Waals surface area contributed by atoms with Crippen molar-refractivity contribution in [3.8, 4) is 5.69 Å². The second kappa shape index (κ2) is 14.6. The first-order chi connectivity index (χ1) is 24.1. The van der Waals surface area contributed by atoms with Crippen LogP contribution in [0.15, 0.2) is 71.4 Å². The van der Waals surface area contributed by atoms with Crippen molar-refractivity contribution in [3.05, 3.63) is 99.0 Å². The fourth-order valence-corrected chi connectivity index (χ4v) is 6.88. The maximum atomic E-state index is 14.6. The SMILES string of the molecule is CCOC(=O)c1csc(CNCc2cccc3nc([C@H](CC)Nc4ncnc5c4ncn5C4CCCCO4)n(-c4ccccc4)c(=O)c23)n1. The van der Waals surface area contributed by atoms with Crippen LogP contribution in [0.4, 0.5) is 5.82 Å². The summed E-state index contributed by atoms with van der Waals surface area (Å²) in [6, 6.07) is 14.9. The van der Waals surface area contributed by atoms with Crippen LogP contribution in [0, 0.1) is 0 Å².